The Balaban J connectivity index is 2.24. The average molecular weight is 266 g/mol. The Hall–Kier alpha value is -1.82. The summed E-state index contributed by atoms with van der Waals surface area (Å²) < 4.78 is 6.92. The zero-order valence-electron chi connectivity index (χ0n) is 10.2. The number of hydrogen-bond donors (Lipinski definition) is 1. The van der Waals surface area contributed by atoms with Crippen LogP contribution in [0.25, 0.3) is 10.2 Å². The second-order valence-corrected chi connectivity index (χ2v) is 4.97. The Bertz CT molecular complexity index is 580. The minimum absolute atomic E-state index is 0.0878. The van der Waals surface area contributed by atoms with Crippen LogP contribution < -0.4 is 14.8 Å². The predicted octanol–water partition coefficient (Wildman–Crippen LogP) is 1.22. The first-order valence-electron chi connectivity index (χ1n) is 5.55. The van der Waals surface area contributed by atoms with Crippen LogP contribution in [0, 0.1) is 5.21 Å². The molecule has 0 unspecified atom stereocenters. The minimum atomic E-state index is -0.0878. The molecule has 0 spiro atoms. The van der Waals surface area contributed by atoms with Crippen LogP contribution in [0.5, 0.6) is 5.75 Å². The minimum Gasteiger partial charge on any atom is -0.617 e. The lowest BCUT2D eigenvalue weighted by molar-refractivity contribution is -0.580. The first-order chi connectivity index (χ1) is 8.61. The summed E-state index contributed by atoms with van der Waals surface area (Å²) in [4.78, 5) is 10.8. The van der Waals surface area contributed by atoms with E-state index < -0.39 is 0 Å². The van der Waals surface area contributed by atoms with Gasteiger partial charge in [-0.1, -0.05) is 11.3 Å². The summed E-state index contributed by atoms with van der Waals surface area (Å²) >= 11 is 1.44. The maximum absolute atomic E-state index is 12.0. The number of aromatic nitrogens is 1. The van der Waals surface area contributed by atoms with Crippen molar-refractivity contribution in [1.82, 2.24) is 5.32 Å². The van der Waals surface area contributed by atoms with Gasteiger partial charge in [0.2, 0.25) is 11.4 Å². The zero-order chi connectivity index (χ0) is 13.1. The van der Waals surface area contributed by atoms with E-state index in [0.717, 1.165) is 9.43 Å². The fourth-order valence-electron chi connectivity index (χ4n) is 1.67. The molecule has 0 aliphatic carbocycles. The highest BCUT2D eigenvalue weighted by Gasteiger charge is 2.16. The van der Waals surface area contributed by atoms with Crippen LogP contribution in [0.3, 0.4) is 0 Å². The molecule has 1 N–H and O–H groups in total. The van der Waals surface area contributed by atoms with Crippen LogP contribution in [0.4, 0.5) is 0 Å². The molecule has 0 atom stereocenters. The maximum atomic E-state index is 12.0. The topological polar surface area (TPSA) is 65.3 Å². The number of nitrogens with zero attached hydrogens (tertiary/aromatic N) is 1. The van der Waals surface area contributed by atoms with Crippen LogP contribution in [0.1, 0.15) is 11.9 Å². The van der Waals surface area contributed by atoms with E-state index in [4.69, 9.17) is 4.74 Å². The van der Waals surface area contributed by atoms with E-state index >= 15 is 0 Å². The number of ether oxygens (including phenoxy) is 1. The number of carbonyl (C=O) groups excluding carboxylic acids is 1. The number of fused-ring (bicyclic) bond motifs is 1. The van der Waals surface area contributed by atoms with Crippen LogP contribution in [-0.2, 0) is 11.2 Å². The van der Waals surface area contributed by atoms with Gasteiger partial charge in [0, 0.05) is 13.5 Å². The van der Waals surface area contributed by atoms with Gasteiger partial charge < -0.3 is 15.3 Å². The predicted molar refractivity (Wildman–Crippen MR) is 69.7 cm³/mol. The molecule has 2 aromatic rings. The van der Waals surface area contributed by atoms with Gasteiger partial charge in [0.1, 0.15) is 10.4 Å². The first-order valence-corrected chi connectivity index (χ1v) is 6.37. The quantitative estimate of drug-likeness (QED) is 0.668. The lowest BCUT2D eigenvalue weighted by Gasteiger charge is -2.01. The summed E-state index contributed by atoms with van der Waals surface area (Å²) in [7, 11) is 1.57. The van der Waals surface area contributed by atoms with Gasteiger partial charge in [-0.05, 0) is 12.1 Å². The summed E-state index contributed by atoms with van der Waals surface area (Å²) in [5, 5.41) is 15.4. The summed E-state index contributed by atoms with van der Waals surface area (Å²) in [6.45, 7) is 1.93. The normalized spacial score (nSPS) is 10.6. The molecular weight excluding hydrogens is 252 g/mol. The van der Waals surface area contributed by atoms with Gasteiger partial charge in [-0.15, -0.1) is 0 Å². The van der Waals surface area contributed by atoms with Crippen molar-refractivity contribution in [1.29, 1.82) is 0 Å². The third kappa shape index (κ3) is 2.53. The lowest BCUT2D eigenvalue weighted by Crippen LogP contribution is -2.32. The first kappa shape index (κ1) is 12.6. The highest BCUT2D eigenvalue weighted by molar-refractivity contribution is 7.18. The number of benzene rings is 1. The SMILES string of the molecule is COc1ccc2sc(CCNC(C)=O)[n+]([O-])c2c1. The smallest absolute Gasteiger partial charge is 0.251 e. The van der Waals surface area contributed by atoms with Gasteiger partial charge in [-0.3, -0.25) is 4.79 Å². The molecule has 0 radical (unpaired) electrons. The second-order valence-electron chi connectivity index (χ2n) is 3.86. The lowest BCUT2D eigenvalue weighted by atomic mass is 10.3. The summed E-state index contributed by atoms with van der Waals surface area (Å²) in [5.41, 5.74) is 0.608. The number of rotatable bonds is 4. The molecule has 0 saturated heterocycles. The number of methoxy groups -OCH3 is 1. The van der Waals surface area contributed by atoms with Crippen molar-refractivity contribution in [3.05, 3.63) is 28.4 Å². The van der Waals surface area contributed by atoms with E-state index in [1.165, 1.54) is 18.3 Å². The molecule has 1 aromatic carbocycles. The molecule has 0 aliphatic heterocycles. The second kappa shape index (κ2) is 5.22. The van der Waals surface area contributed by atoms with E-state index in [1.54, 1.807) is 13.2 Å². The molecule has 1 aromatic heterocycles. The Labute approximate surface area is 109 Å². The van der Waals surface area contributed by atoms with Crippen molar-refractivity contribution in [2.45, 2.75) is 13.3 Å². The van der Waals surface area contributed by atoms with Gasteiger partial charge in [-0.25, -0.2) is 0 Å². The molecule has 5 nitrogen and oxygen atoms in total. The van der Waals surface area contributed by atoms with Gasteiger partial charge in [0.15, 0.2) is 0 Å². The number of carbonyl (C=O) groups is 1. The average Bonchev–Trinajstić information content (AvgIpc) is 2.66. The zero-order valence-corrected chi connectivity index (χ0v) is 11.0. The molecule has 1 amide bonds. The van der Waals surface area contributed by atoms with Crippen molar-refractivity contribution in [3.8, 4) is 5.75 Å². The number of hydrogen-bond acceptors (Lipinski definition) is 4. The van der Waals surface area contributed by atoms with Crippen molar-refractivity contribution in [3.63, 3.8) is 0 Å². The van der Waals surface area contributed by atoms with Crippen molar-refractivity contribution in [2.75, 3.05) is 13.7 Å². The molecule has 6 heteroatoms. The largest absolute Gasteiger partial charge is 0.617 e. The fraction of sp³-hybridized carbons (Fsp3) is 0.333. The molecule has 1 heterocycles. The molecule has 0 bridgehead atoms. The Morgan fingerprint density at radius 1 is 1.56 bits per heavy atom. The highest BCUT2D eigenvalue weighted by Crippen LogP contribution is 2.24. The molecule has 96 valence electrons. The van der Waals surface area contributed by atoms with E-state index in [0.29, 0.717) is 29.2 Å². The van der Waals surface area contributed by atoms with Crippen molar-refractivity contribution in [2.24, 2.45) is 0 Å². The third-order valence-electron chi connectivity index (χ3n) is 2.55. The van der Waals surface area contributed by atoms with Crippen molar-refractivity contribution < 1.29 is 14.3 Å². The molecule has 2 rings (SSSR count). The number of amides is 1. The van der Waals surface area contributed by atoms with Crippen LogP contribution >= 0.6 is 11.3 Å². The number of thiazole rings is 1. The monoisotopic (exact) mass is 266 g/mol. The van der Waals surface area contributed by atoms with Gasteiger partial charge >= 0.3 is 0 Å². The maximum Gasteiger partial charge on any atom is 0.251 e. The fourth-order valence-corrected chi connectivity index (χ4v) is 2.69. The summed E-state index contributed by atoms with van der Waals surface area (Å²) in [6.07, 6.45) is 0.532. The molecule has 0 fully saturated rings. The van der Waals surface area contributed by atoms with Gasteiger partial charge in [0.05, 0.1) is 19.6 Å². The van der Waals surface area contributed by atoms with E-state index in [9.17, 15) is 10.0 Å². The van der Waals surface area contributed by atoms with E-state index in [1.807, 2.05) is 12.1 Å². The molecular formula is C12H14N2O3S. The van der Waals surface area contributed by atoms with Crippen LogP contribution in [0.15, 0.2) is 18.2 Å². The van der Waals surface area contributed by atoms with Gasteiger partial charge in [0.25, 0.3) is 5.01 Å². The standard InChI is InChI=1S/C12H14N2O3S/c1-8(15)13-6-5-12-14(16)10-7-9(17-2)3-4-11(10)18-12/h3-4,7H,5-6H2,1-2H3,(H,13,15). The molecule has 0 aliphatic rings. The Kier molecular flexibility index (Phi) is 3.66. The summed E-state index contributed by atoms with van der Waals surface area (Å²) in [5.74, 6) is 0.577. The molecule has 18 heavy (non-hydrogen) atoms. The van der Waals surface area contributed by atoms with E-state index in [-0.39, 0.29) is 5.91 Å². The summed E-state index contributed by atoms with van der Waals surface area (Å²) in [6, 6.07) is 5.42. The van der Waals surface area contributed by atoms with Crippen LogP contribution in [-0.4, -0.2) is 19.6 Å². The van der Waals surface area contributed by atoms with E-state index in [2.05, 4.69) is 5.32 Å². The molecule has 0 saturated carbocycles. The van der Waals surface area contributed by atoms with Crippen LogP contribution in [0.2, 0.25) is 0 Å². The van der Waals surface area contributed by atoms with Gasteiger partial charge in [-0.2, -0.15) is 4.73 Å². The highest BCUT2D eigenvalue weighted by atomic mass is 32.1. The number of nitrogens with one attached hydrogen (secondary N) is 1. The Morgan fingerprint density at radius 3 is 3.00 bits per heavy atom. The third-order valence-corrected chi connectivity index (χ3v) is 3.72. The Morgan fingerprint density at radius 2 is 2.33 bits per heavy atom. The van der Waals surface area contributed by atoms with Crippen molar-refractivity contribution >= 4 is 27.5 Å².